The van der Waals surface area contributed by atoms with E-state index in [1.54, 1.807) is 4.90 Å². The van der Waals surface area contributed by atoms with Gasteiger partial charge in [0.25, 0.3) is 5.91 Å². The van der Waals surface area contributed by atoms with Gasteiger partial charge in [-0.1, -0.05) is 4.49 Å². The Kier molecular flexibility index (Phi) is 4.01. The molecule has 0 aliphatic rings. The minimum absolute atomic E-state index is 0.0993. The second kappa shape index (κ2) is 5.29. The van der Waals surface area contributed by atoms with Crippen molar-refractivity contribution < 1.29 is 4.79 Å². The number of carbonyl (C=O) groups excluding carboxylic acids is 1. The molecule has 5 nitrogen and oxygen atoms in total. The minimum atomic E-state index is -0.0993. The van der Waals surface area contributed by atoms with Crippen molar-refractivity contribution in [3.05, 3.63) is 11.1 Å². The van der Waals surface area contributed by atoms with Gasteiger partial charge in [0.1, 0.15) is 4.88 Å². The van der Waals surface area contributed by atoms with Crippen LogP contribution in [0.3, 0.4) is 0 Å². The van der Waals surface area contributed by atoms with E-state index in [-0.39, 0.29) is 5.91 Å². The Morgan fingerprint density at radius 3 is 3.07 bits per heavy atom. The summed E-state index contributed by atoms with van der Waals surface area (Å²) in [6.07, 6.45) is 1.80. The van der Waals surface area contributed by atoms with Gasteiger partial charge in [0.2, 0.25) is 0 Å². The zero-order valence-electron chi connectivity index (χ0n) is 7.80. The van der Waals surface area contributed by atoms with Gasteiger partial charge in [0, 0.05) is 13.1 Å². The van der Waals surface area contributed by atoms with E-state index < -0.39 is 0 Å². The summed E-state index contributed by atoms with van der Waals surface area (Å²) in [5, 5.41) is 12.0. The number of amides is 1. The van der Waals surface area contributed by atoms with E-state index in [0.29, 0.717) is 24.4 Å². The number of nitrogens with zero attached hydrogens (tertiary/aromatic N) is 4. The molecule has 14 heavy (non-hydrogen) atoms. The third-order valence-electron chi connectivity index (χ3n) is 1.73. The molecule has 0 unspecified atom stereocenters. The summed E-state index contributed by atoms with van der Waals surface area (Å²) in [5.74, 6) is -0.0993. The van der Waals surface area contributed by atoms with Crippen molar-refractivity contribution in [2.45, 2.75) is 13.3 Å². The van der Waals surface area contributed by atoms with Crippen LogP contribution in [0, 0.1) is 11.3 Å². The van der Waals surface area contributed by atoms with Crippen molar-refractivity contribution in [2.24, 2.45) is 0 Å². The Bertz CT molecular complexity index is 330. The van der Waals surface area contributed by atoms with Gasteiger partial charge in [-0.15, -0.1) is 5.10 Å². The van der Waals surface area contributed by atoms with Crippen LogP contribution in [0.15, 0.2) is 6.20 Å². The molecule has 0 bridgehead atoms. The predicted octanol–water partition coefficient (Wildman–Crippen LogP) is 0.914. The van der Waals surface area contributed by atoms with E-state index in [1.807, 2.05) is 13.0 Å². The van der Waals surface area contributed by atoms with Crippen LogP contribution in [0.4, 0.5) is 0 Å². The molecule has 0 saturated heterocycles. The van der Waals surface area contributed by atoms with Crippen molar-refractivity contribution in [2.75, 3.05) is 13.1 Å². The molecule has 74 valence electrons. The number of aromatic nitrogens is 2. The Balaban J connectivity index is 2.62. The summed E-state index contributed by atoms with van der Waals surface area (Å²) >= 11 is 1.07. The normalized spacial score (nSPS) is 9.43. The van der Waals surface area contributed by atoms with E-state index >= 15 is 0 Å². The number of nitriles is 1. The third kappa shape index (κ3) is 2.50. The van der Waals surface area contributed by atoms with Gasteiger partial charge >= 0.3 is 0 Å². The fourth-order valence-electron chi connectivity index (χ4n) is 1.01. The number of carbonyl (C=O) groups is 1. The summed E-state index contributed by atoms with van der Waals surface area (Å²) < 4.78 is 3.62. The fraction of sp³-hybridized carbons (Fsp3) is 0.500. The monoisotopic (exact) mass is 210 g/mol. The average Bonchev–Trinajstić information content (AvgIpc) is 2.71. The van der Waals surface area contributed by atoms with Crippen molar-refractivity contribution in [3.63, 3.8) is 0 Å². The Morgan fingerprint density at radius 1 is 1.79 bits per heavy atom. The molecule has 0 aliphatic carbocycles. The Hall–Kier alpha value is -1.48. The van der Waals surface area contributed by atoms with Gasteiger partial charge in [0.15, 0.2) is 0 Å². The number of hydrogen-bond donors (Lipinski definition) is 0. The first kappa shape index (κ1) is 10.6. The van der Waals surface area contributed by atoms with E-state index in [1.165, 1.54) is 6.20 Å². The second-order valence-corrected chi connectivity index (χ2v) is 3.36. The van der Waals surface area contributed by atoms with Gasteiger partial charge in [0.05, 0.1) is 18.7 Å². The molecule has 1 aromatic heterocycles. The topological polar surface area (TPSA) is 69.9 Å². The van der Waals surface area contributed by atoms with Gasteiger partial charge < -0.3 is 4.90 Å². The highest BCUT2D eigenvalue weighted by Crippen LogP contribution is 2.07. The summed E-state index contributed by atoms with van der Waals surface area (Å²) in [5.41, 5.74) is 0. The molecule has 0 fully saturated rings. The molecule has 0 aliphatic heterocycles. The lowest BCUT2D eigenvalue weighted by Gasteiger charge is -2.17. The molecule has 1 rings (SSSR count). The highest BCUT2D eigenvalue weighted by molar-refractivity contribution is 7.07. The first-order valence-electron chi connectivity index (χ1n) is 4.23. The van der Waals surface area contributed by atoms with E-state index in [9.17, 15) is 4.79 Å². The Morgan fingerprint density at radius 2 is 2.57 bits per heavy atom. The second-order valence-electron chi connectivity index (χ2n) is 2.57. The van der Waals surface area contributed by atoms with Crippen LogP contribution in [0.1, 0.15) is 23.0 Å². The molecule has 0 aromatic carbocycles. The van der Waals surface area contributed by atoms with Crippen molar-refractivity contribution in [3.8, 4) is 6.07 Å². The third-order valence-corrected chi connectivity index (χ3v) is 2.39. The largest absolute Gasteiger partial charge is 0.337 e. The molecule has 0 N–H and O–H groups in total. The first-order valence-corrected chi connectivity index (χ1v) is 5.00. The number of rotatable bonds is 4. The average molecular weight is 210 g/mol. The molecular weight excluding hydrogens is 200 g/mol. The van der Waals surface area contributed by atoms with E-state index in [4.69, 9.17) is 5.26 Å². The van der Waals surface area contributed by atoms with Gasteiger partial charge in [-0.3, -0.25) is 4.79 Å². The minimum Gasteiger partial charge on any atom is -0.337 e. The zero-order chi connectivity index (χ0) is 10.4. The molecule has 1 aromatic rings. The van der Waals surface area contributed by atoms with Gasteiger partial charge in [-0.2, -0.15) is 5.26 Å². The Labute approximate surface area is 86.1 Å². The smallest absolute Gasteiger partial charge is 0.267 e. The maximum Gasteiger partial charge on any atom is 0.267 e. The standard InChI is InChI=1S/C8H10N4OS/c1-2-12(5-3-4-9)8(13)7-6-10-11-14-7/h6H,2-3,5H2,1H3. The molecule has 1 amide bonds. The summed E-state index contributed by atoms with van der Waals surface area (Å²) in [7, 11) is 0. The SMILES string of the molecule is CCN(CCC#N)C(=O)c1cnns1. The van der Waals surface area contributed by atoms with Crippen LogP contribution in [-0.2, 0) is 0 Å². The molecule has 0 saturated carbocycles. The van der Waals surface area contributed by atoms with E-state index in [2.05, 4.69) is 9.59 Å². The zero-order valence-corrected chi connectivity index (χ0v) is 8.62. The van der Waals surface area contributed by atoms with Gasteiger partial charge in [-0.05, 0) is 18.5 Å². The van der Waals surface area contributed by atoms with Crippen LogP contribution < -0.4 is 0 Å². The van der Waals surface area contributed by atoms with Gasteiger partial charge in [-0.25, -0.2) is 0 Å². The quantitative estimate of drug-likeness (QED) is 0.740. The summed E-state index contributed by atoms with van der Waals surface area (Å²) in [6.45, 7) is 2.94. The summed E-state index contributed by atoms with van der Waals surface area (Å²) in [6, 6.07) is 2.01. The molecule has 0 radical (unpaired) electrons. The summed E-state index contributed by atoms with van der Waals surface area (Å²) in [4.78, 5) is 13.8. The maximum absolute atomic E-state index is 11.7. The predicted molar refractivity (Wildman–Crippen MR) is 51.7 cm³/mol. The highest BCUT2D eigenvalue weighted by atomic mass is 32.1. The first-order chi connectivity index (χ1) is 6.79. The maximum atomic E-state index is 11.7. The van der Waals surface area contributed by atoms with Crippen molar-refractivity contribution in [1.29, 1.82) is 5.26 Å². The van der Waals surface area contributed by atoms with Crippen LogP contribution in [0.5, 0.6) is 0 Å². The van der Waals surface area contributed by atoms with Crippen LogP contribution in [-0.4, -0.2) is 33.5 Å². The molecule has 0 atom stereocenters. The van der Waals surface area contributed by atoms with Crippen LogP contribution >= 0.6 is 11.5 Å². The lowest BCUT2D eigenvalue weighted by Crippen LogP contribution is -2.31. The van der Waals surface area contributed by atoms with Crippen molar-refractivity contribution in [1.82, 2.24) is 14.5 Å². The van der Waals surface area contributed by atoms with Crippen LogP contribution in [0.2, 0.25) is 0 Å². The molecule has 6 heteroatoms. The number of hydrogen-bond acceptors (Lipinski definition) is 5. The molecule has 1 heterocycles. The lowest BCUT2D eigenvalue weighted by molar-refractivity contribution is 0.0772. The highest BCUT2D eigenvalue weighted by Gasteiger charge is 2.15. The fourth-order valence-corrected chi connectivity index (χ4v) is 1.49. The lowest BCUT2D eigenvalue weighted by atomic mass is 10.3. The van der Waals surface area contributed by atoms with Crippen LogP contribution in [0.25, 0.3) is 0 Å². The molecular formula is C8H10N4OS. The van der Waals surface area contributed by atoms with Crippen molar-refractivity contribution >= 4 is 17.4 Å². The van der Waals surface area contributed by atoms with E-state index in [0.717, 1.165) is 11.5 Å². The molecule has 0 spiro atoms.